The molecular weight excluding hydrogens is 375 g/mol. The summed E-state index contributed by atoms with van der Waals surface area (Å²) in [7, 11) is 0. The fourth-order valence-corrected chi connectivity index (χ4v) is 3.32. The smallest absolute Gasteiger partial charge is 0.254 e. The second-order valence-corrected chi connectivity index (χ2v) is 6.80. The van der Waals surface area contributed by atoms with Gasteiger partial charge in [-0.25, -0.2) is 0 Å². The van der Waals surface area contributed by atoms with Crippen LogP contribution in [0.15, 0.2) is 42.5 Å². The molecular formula is C19H18Cl2N2O3. The fourth-order valence-electron chi connectivity index (χ4n) is 2.95. The highest BCUT2D eigenvalue weighted by atomic mass is 35.5. The predicted molar refractivity (Wildman–Crippen MR) is 102 cm³/mol. The molecule has 136 valence electrons. The van der Waals surface area contributed by atoms with E-state index in [1.54, 1.807) is 35.2 Å². The van der Waals surface area contributed by atoms with Gasteiger partial charge < -0.3 is 15.0 Å². The first-order valence-corrected chi connectivity index (χ1v) is 8.98. The Morgan fingerprint density at radius 2 is 2.00 bits per heavy atom. The average molecular weight is 393 g/mol. The van der Waals surface area contributed by atoms with Gasteiger partial charge in [0.2, 0.25) is 5.91 Å². The predicted octanol–water partition coefficient (Wildman–Crippen LogP) is 3.99. The summed E-state index contributed by atoms with van der Waals surface area (Å²) in [5, 5.41) is 3.77. The number of hydrogen-bond donors (Lipinski definition) is 1. The van der Waals surface area contributed by atoms with Crippen molar-refractivity contribution in [2.24, 2.45) is 0 Å². The van der Waals surface area contributed by atoms with Crippen LogP contribution in [0.3, 0.4) is 0 Å². The molecule has 5 nitrogen and oxygen atoms in total. The van der Waals surface area contributed by atoms with Crippen LogP contribution in [0.2, 0.25) is 10.0 Å². The molecule has 2 aromatic carbocycles. The summed E-state index contributed by atoms with van der Waals surface area (Å²) >= 11 is 12.1. The Balaban J connectivity index is 1.67. The first kappa shape index (κ1) is 18.5. The normalized spacial score (nSPS) is 15.7. The Morgan fingerprint density at radius 1 is 1.23 bits per heavy atom. The maximum Gasteiger partial charge on any atom is 0.254 e. The van der Waals surface area contributed by atoms with Crippen LogP contribution in [0.4, 0.5) is 5.69 Å². The van der Waals surface area contributed by atoms with Crippen LogP contribution in [0.25, 0.3) is 0 Å². The molecule has 26 heavy (non-hydrogen) atoms. The standard InChI is InChI=1S/C19H18Cl2N2O3/c1-12(24)22-18-14-11-13(20)7-8-16(14)23(19(18)25)9-4-10-26-17-6-3-2-5-15(17)21/h2-3,5-8,11,18H,4,9-10H2,1H3,(H,22,24). The third kappa shape index (κ3) is 3.94. The molecule has 0 radical (unpaired) electrons. The van der Waals surface area contributed by atoms with Gasteiger partial charge in [-0.15, -0.1) is 0 Å². The van der Waals surface area contributed by atoms with Gasteiger partial charge in [0.15, 0.2) is 0 Å². The highest BCUT2D eigenvalue weighted by molar-refractivity contribution is 6.32. The number of amides is 2. The van der Waals surface area contributed by atoms with Crippen molar-refractivity contribution in [2.75, 3.05) is 18.1 Å². The van der Waals surface area contributed by atoms with Gasteiger partial charge in [0.25, 0.3) is 5.91 Å². The van der Waals surface area contributed by atoms with E-state index in [4.69, 9.17) is 27.9 Å². The highest BCUT2D eigenvalue weighted by Crippen LogP contribution is 2.37. The summed E-state index contributed by atoms with van der Waals surface area (Å²) in [4.78, 5) is 25.8. The lowest BCUT2D eigenvalue weighted by Gasteiger charge is -2.18. The summed E-state index contributed by atoms with van der Waals surface area (Å²) in [5.41, 5.74) is 1.47. The first-order valence-electron chi connectivity index (χ1n) is 8.22. The maximum absolute atomic E-state index is 12.7. The molecule has 0 fully saturated rings. The Kier molecular flexibility index (Phi) is 5.69. The minimum atomic E-state index is -0.703. The van der Waals surface area contributed by atoms with Gasteiger partial charge in [-0.1, -0.05) is 35.3 Å². The highest BCUT2D eigenvalue weighted by Gasteiger charge is 2.37. The fraction of sp³-hybridized carbons (Fsp3) is 0.263. The Hall–Kier alpha value is -2.24. The van der Waals surface area contributed by atoms with Gasteiger partial charge in [0, 0.05) is 29.7 Å². The molecule has 1 N–H and O–H groups in total. The van der Waals surface area contributed by atoms with Crippen molar-refractivity contribution in [2.45, 2.75) is 19.4 Å². The van der Waals surface area contributed by atoms with Crippen LogP contribution >= 0.6 is 23.2 Å². The number of carbonyl (C=O) groups excluding carboxylic acids is 2. The number of nitrogens with one attached hydrogen (secondary N) is 1. The summed E-state index contributed by atoms with van der Waals surface area (Å²) < 4.78 is 5.67. The SMILES string of the molecule is CC(=O)NC1C(=O)N(CCCOc2ccccc2Cl)c2ccc(Cl)cc21. The van der Waals surface area contributed by atoms with E-state index in [0.717, 1.165) is 5.69 Å². The Morgan fingerprint density at radius 3 is 2.73 bits per heavy atom. The van der Waals surface area contributed by atoms with Crippen molar-refractivity contribution >= 4 is 40.7 Å². The second kappa shape index (κ2) is 7.98. The summed E-state index contributed by atoms with van der Waals surface area (Å²) in [6, 6.07) is 11.8. The molecule has 1 aliphatic heterocycles. The van der Waals surface area contributed by atoms with E-state index in [-0.39, 0.29) is 11.8 Å². The average Bonchev–Trinajstić information content (AvgIpc) is 2.84. The number of nitrogens with zero attached hydrogens (tertiary/aromatic N) is 1. The number of fused-ring (bicyclic) bond motifs is 1. The van der Waals surface area contributed by atoms with Crippen LogP contribution in [0.5, 0.6) is 5.75 Å². The van der Waals surface area contributed by atoms with Crippen molar-refractivity contribution in [1.29, 1.82) is 0 Å². The Bertz CT molecular complexity index is 841. The molecule has 1 aliphatic rings. The van der Waals surface area contributed by atoms with Crippen LogP contribution in [0.1, 0.15) is 24.9 Å². The van der Waals surface area contributed by atoms with Crippen molar-refractivity contribution in [3.8, 4) is 5.75 Å². The van der Waals surface area contributed by atoms with Gasteiger partial charge >= 0.3 is 0 Å². The molecule has 0 bridgehead atoms. The van der Waals surface area contributed by atoms with E-state index in [9.17, 15) is 9.59 Å². The number of carbonyl (C=O) groups is 2. The lowest BCUT2D eigenvalue weighted by molar-refractivity contribution is -0.126. The van der Waals surface area contributed by atoms with Crippen molar-refractivity contribution < 1.29 is 14.3 Å². The van der Waals surface area contributed by atoms with Gasteiger partial charge in [0.1, 0.15) is 11.8 Å². The molecule has 0 aliphatic carbocycles. The van der Waals surface area contributed by atoms with Gasteiger partial charge in [-0.3, -0.25) is 9.59 Å². The summed E-state index contributed by atoms with van der Waals surface area (Å²) in [6.45, 7) is 2.27. The quantitative estimate of drug-likeness (QED) is 0.756. The van der Waals surface area contributed by atoms with Crippen molar-refractivity contribution in [1.82, 2.24) is 5.32 Å². The Labute approximate surface area is 161 Å². The number of halogens is 2. The van der Waals surface area contributed by atoms with E-state index in [1.807, 2.05) is 12.1 Å². The third-order valence-electron chi connectivity index (χ3n) is 4.07. The number of anilines is 1. The number of hydrogen-bond acceptors (Lipinski definition) is 3. The zero-order chi connectivity index (χ0) is 18.7. The van der Waals surface area contributed by atoms with Crippen molar-refractivity contribution in [3.05, 3.63) is 58.1 Å². The summed E-state index contributed by atoms with van der Waals surface area (Å²) in [6.07, 6.45) is 0.617. The van der Waals surface area contributed by atoms with E-state index < -0.39 is 6.04 Å². The molecule has 1 atom stereocenters. The monoisotopic (exact) mass is 392 g/mol. The zero-order valence-electron chi connectivity index (χ0n) is 14.2. The largest absolute Gasteiger partial charge is 0.492 e. The van der Waals surface area contributed by atoms with E-state index in [2.05, 4.69) is 5.32 Å². The molecule has 2 aromatic rings. The number of benzene rings is 2. The molecule has 3 rings (SSSR count). The lowest BCUT2D eigenvalue weighted by atomic mass is 10.1. The van der Waals surface area contributed by atoms with E-state index in [1.165, 1.54) is 6.92 Å². The zero-order valence-corrected chi connectivity index (χ0v) is 15.7. The minimum absolute atomic E-state index is 0.171. The van der Waals surface area contributed by atoms with Gasteiger partial charge in [-0.05, 0) is 36.8 Å². The third-order valence-corrected chi connectivity index (χ3v) is 4.62. The molecule has 0 aromatic heterocycles. The number of rotatable bonds is 6. The van der Waals surface area contributed by atoms with Gasteiger partial charge in [0.05, 0.1) is 11.6 Å². The van der Waals surface area contributed by atoms with Crippen molar-refractivity contribution in [3.63, 3.8) is 0 Å². The van der Waals surface area contributed by atoms with Crippen LogP contribution in [0, 0.1) is 0 Å². The van der Waals surface area contributed by atoms with Crippen LogP contribution < -0.4 is 15.0 Å². The second-order valence-electron chi connectivity index (χ2n) is 5.96. The molecule has 0 saturated carbocycles. The first-order chi connectivity index (χ1) is 12.5. The molecule has 0 saturated heterocycles. The molecule has 2 amide bonds. The maximum atomic E-state index is 12.7. The van der Waals surface area contributed by atoms with Gasteiger partial charge in [-0.2, -0.15) is 0 Å². The number of para-hydroxylation sites is 1. The molecule has 7 heteroatoms. The molecule has 1 unspecified atom stereocenters. The minimum Gasteiger partial charge on any atom is -0.492 e. The topological polar surface area (TPSA) is 58.6 Å². The van der Waals surface area contributed by atoms with E-state index >= 15 is 0 Å². The molecule has 0 spiro atoms. The summed E-state index contributed by atoms with van der Waals surface area (Å²) in [5.74, 6) is 0.179. The number of ether oxygens (including phenoxy) is 1. The molecule has 1 heterocycles. The van der Waals surface area contributed by atoms with E-state index in [0.29, 0.717) is 40.9 Å². The van der Waals surface area contributed by atoms with Crippen LogP contribution in [-0.4, -0.2) is 25.0 Å². The van der Waals surface area contributed by atoms with Crippen LogP contribution in [-0.2, 0) is 9.59 Å². The lowest BCUT2D eigenvalue weighted by Crippen LogP contribution is -2.37.